The number of rotatable bonds is 5. The fourth-order valence-electron chi connectivity index (χ4n) is 2.43. The Labute approximate surface area is 158 Å². The summed E-state index contributed by atoms with van der Waals surface area (Å²) in [7, 11) is -0.614. The lowest BCUT2D eigenvalue weighted by Crippen LogP contribution is -1.93. The molecule has 0 radical (unpaired) electrons. The smallest absolute Gasteiger partial charge is 0.212 e. The first kappa shape index (κ1) is 17.9. The molecule has 1 aromatic heterocycles. The summed E-state index contributed by atoms with van der Waals surface area (Å²) in [6.45, 7) is 0.508. The van der Waals surface area contributed by atoms with Gasteiger partial charge in [0.2, 0.25) is 6.19 Å². The second-order valence-corrected chi connectivity index (χ2v) is 9.13. The van der Waals surface area contributed by atoms with E-state index in [2.05, 4.69) is 41.0 Å². The lowest BCUT2D eigenvalue weighted by molar-refractivity contribution is 1.11. The van der Waals surface area contributed by atoms with Crippen molar-refractivity contribution in [1.82, 2.24) is 0 Å². The van der Waals surface area contributed by atoms with E-state index in [4.69, 9.17) is 5.73 Å². The van der Waals surface area contributed by atoms with Gasteiger partial charge in [-0.15, -0.1) is 27.5 Å². The zero-order valence-electron chi connectivity index (χ0n) is 13.7. The Kier molecular flexibility index (Phi) is 6.05. The van der Waals surface area contributed by atoms with Gasteiger partial charge in [0.05, 0.1) is 4.21 Å². The number of thiophene rings is 1. The maximum atomic E-state index is 9.20. The van der Waals surface area contributed by atoms with Gasteiger partial charge in [-0.25, -0.2) is 0 Å². The molecule has 25 heavy (non-hydrogen) atoms. The molecule has 126 valence electrons. The summed E-state index contributed by atoms with van der Waals surface area (Å²) in [4.78, 5) is 3.32. The SMILES string of the molecule is CSc1cc(-c2ccccc2)cc(S(=NC#N)c2ccc(CN)s2)c1. The third kappa shape index (κ3) is 4.20. The van der Waals surface area contributed by atoms with Gasteiger partial charge in [-0.05, 0) is 58.4 Å². The molecule has 0 aliphatic rings. The van der Waals surface area contributed by atoms with E-state index in [-0.39, 0.29) is 0 Å². The standard InChI is InChI=1S/C19H17N3S3/c1-23-17-9-15(14-5-3-2-4-6-14)10-18(11-17)25(22-13-21)19-8-7-16(12-20)24-19/h2-11H,12,20H2,1H3. The molecule has 6 heteroatoms. The molecule has 2 N–H and O–H groups in total. The first-order valence-electron chi connectivity index (χ1n) is 7.62. The Balaban J connectivity index is 2.13. The van der Waals surface area contributed by atoms with Crippen molar-refractivity contribution in [2.75, 3.05) is 6.26 Å². The van der Waals surface area contributed by atoms with Crippen molar-refractivity contribution in [3.63, 3.8) is 0 Å². The largest absolute Gasteiger partial charge is 0.326 e. The molecule has 3 aromatic rings. The van der Waals surface area contributed by atoms with Gasteiger partial charge in [-0.2, -0.15) is 5.26 Å². The summed E-state index contributed by atoms with van der Waals surface area (Å²) < 4.78 is 5.28. The van der Waals surface area contributed by atoms with Crippen LogP contribution in [0.2, 0.25) is 0 Å². The van der Waals surface area contributed by atoms with Gasteiger partial charge in [-0.1, -0.05) is 30.3 Å². The van der Waals surface area contributed by atoms with Crippen molar-refractivity contribution in [2.24, 2.45) is 10.1 Å². The van der Waals surface area contributed by atoms with Crippen molar-refractivity contribution < 1.29 is 0 Å². The molecular formula is C19H17N3S3. The number of nitriles is 1. The molecule has 0 saturated heterocycles. The van der Waals surface area contributed by atoms with Crippen LogP contribution in [0.1, 0.15) is 4.88 Å². The molecule has 3 nitrogen and oxygen atoms in total. The third-order valence-corrected chi connectivity index (χ3v) is 7.40. The van der Waals surface area contributed by atoms with Crippen LogP contribution in [-0.4, -0.2) is 6.26 Å². The predicted octanol–water partition coefficient (Wildman–Crippen LogP) is 5.30. The summed E-state index contributed by atoms with van der Waals surface area (Å²) in [5, 5.41) is 9.20. The summed E-state index contributed by atoms with van der Waals surface area (Å²) in [5.74, 6) is 0. The van der Waals surface area contributed by atoms with E-state index >= 15 is 0 Å². The van der Waals surface area contributed by atoms with Crippen LogP contribution in [0.3, 0.4) is 0 Å². The van der Waals surface area contributed by atoms with Gasteiger partial charge in [0.1, 0.15) is 0 Å². The predicted molar refractivity (Wildman–Crippen MR) is 108 cm³/mol. The number of benzene rings is 2. The second kappa shape index (κ2) is 8.45. The van der Waals surface area contributed by atoms with E-state index in [1.165, 1.54) is 0 Å². The van der Waals surface area contributed by atoms with E-state index < -0.39 is 10.7 Å². The quantitative estimate of drug-likeness (QED) is 0.480. The first-order chi connectivity index (χ1) is 12.2. The zero-order chi connectivity index (χ0) is 17.6. The van der Waals surface area contributed by atoms with Crippen LogP contribution in [0.4, 0.5) is 0 Å². The second-order valence-electron chi connectivity index (χ2n) is 5.16. The van der Waals surface area contributed by atoms with Gasteiger partial charge in [0.15, 0.2) is 0 Å². The monoisotopic (exact) mass is 383 g/mol. The minimum absolute atomic E-state index is 0.508. The van der Waals surface area contributed by atoms with Crippen molar-refractivity contribution in [1.29, 1.82) is 5.26 Å². The van der Waals surface area contributed by atoms with Gasteiger partial charge in [0.25, 0.3) is 0 Å². The zero-order valence-corrected chi connectivity index (χ0v) is 16.1. The highest BCUT2D eigenvalue weighted by Crippen LogP contribution is 2.32. The number of hydrogen-bond acceptors (Lipinski definition) is 5. The minimum Gasteiger partial charge on any atom is -0.326 e. The average Bonchev–Trinajstić information content (AvgIpc) is 3.15. The summed E-state index contributed by atoms with van der Waals surface area (Å²) in [6.07, 6.45) is 4.06. The maximum Gasteiger partial charge on any atom is 0.212 e. The van der Waals surface area contributed by atoms with E-state index in [0.717, 1.165) is 30.0 Å². The van der Waals surface area contributed by atoms with Crippen LogP contribution in [-0.2, 0) is 17.2 Å². The van der Waals surface area contributed by atoms with Crippen molar-refractivity contribution in [3.05, 3.63) is 65.5 Å². The third-order valence-electron chi connectivity index (χ3n) is 3.61. The van der Waals surface area contributed by atoms with E-state index in [1.54, 1.807) is 23.1 Å². The summed E-state index contributed by atoms with van der Waals surface area (Å²) in [6, 6.07) is 20.8. The van der Waals surface area contributed by atoms with E-state index in [9.17, 15) is 5.26 Å². The summed E-state index contributed by atoms with van der Waals surface area (Å²) >= 11 is 3.32. The number of nitrogens with zero attached hydrogens (tertiary/aromatic N) is 2. The Morgan fingerprint density at radius 3 is 2.56 bits per heavy atom. The highest BCUT2D eigenvalue weighted by Gasteiger charge is 2.12. The Hall–Kier alpha value is -1.91. The normalized spacial score (nSPS) is 12.0. The van der Waals surface area contributed by atoms with Crippen LogP contribution in [0.25, 0.3) is 11.1 Å². The Bertz CT molecular complexity index is 940. The van der Waals surface area contributed by atoms with E-state index in [0.29, 0.717) is 6.54 Å². The molecular weight excluding hydrogens is 366 g/mol. The van der Waals surface area contributed by atoms with Gasteiger partial charge >= 0.3 is 0 Å². The Morgan fingerprint density at radius 2 is 1.92 bits per heavy atom. The van der Waals surface area contributed by atoms with Crippen LogP contribution in [0.15, 0.2) is 79.0 Å². The number of hydrogen-bond donors (Lipinski definition) is 1. The van der Waals surface area contributed by atoms with Crippen molar-refractivity contribution in [3.8, 4) is 17.3 Å². The Morgan fingerprint density at radius 1 is 1.12 bits per heavy atom. The highest BCUT2D eigenvalue weighted by atomic mass is 32.2. The molecule has 0 aliphatic heterocycles. The first-order valence-corrected chi connectivity index (χ1v) is 10.8. The van der Waals surface area contributed by atoms with Crippen LogP contribution < -0.4 is 5.73 Å². The van der Waals surface area contributed by atoms with Gasteiger partial charge in [0, 0.05) is 21.2 Å². The lowest BCUT2D eigenvalue weighted by Gasteiger charge is -2.10. The van der Waals surface area contributed by atoms with Crippen molar-refractivity contribution in [2.45, 2.75) is 20.5 Å². The molecule has 1 atom stereocenters. The maximum absolute atomic E-state index is 9.20. The molecule has 0 fully saturated rings. The molecule has 0 spiro atoms. The topological polar surface area (TPSA) is 62.2 Å². The fraction of sp³-hybridized carbons (Fsp3) is 0.105. The molecule has 0 bridgehead atoms. The number of nitrogens with two attached hydrogens (primary N) is 1. The molecule has 0 amide bonds. The highest BCUT2D eigenvalue weighted by molar-refractivity contribution is 7.98. The van der Waals surface area contributed by atoms with Crippen LogP contribution in [0, 0.1) is 11.5 Å². The molecule has 0 saturated carbocycles. The number of thioether (sulfide) groups is 1. The van der Waals surface area contributed by atoms with Crippen LogP contribution in [0.5, 0.6) is 0 Å². The van der Waals surface area contributed by atoms with Gasteiger partial charge < -0.3 is 5.73 Å². The molecule has 1 heterocycles. The lowest BCUT2D eigenvalue weighted by atomic mass is 10.1. The van der Waals surface area contributed by atoms with Crippen molar-refractivity contribution >= 4 is 33.8 Å². The average molecular weight is 384 g/mol. The molecule has 3 rings (SSSR count). The summed E-state index contributed by atoms with van der Waals surface area (Å²) in [5.41, 5.74) is 8.04. The van der Waals surface area contributed by atoms with E-state index in [1.807, 2.05) is 36.5 Å². The molecule has 0 aliphatic carbocycles. The van der Waals surface area contributed by atoms with Crippen LogP contribution >= 0.6 is 23.1 Å². The fourth-order valence-corrected chi connectivity index (χ4v) is 5.82. The minimum atomic E-state index is -0.614. The molecule has 2 aromatic carbocycles. The van der Waals surface area contributed by atoms with Gasteiger partial charge in [-0.3, -0.25) is 0 Å². The molecule has 1 unspecified atom stereocenters.